The minimum atomic E-state index is 0.523. The van der Waals surface area contributed by atoms with Crippen molar-refractivity contribution >= 4 is 11.8 Å². The number of nitrogens with zero attached hydrogens (tertiary/aromatic N) is 4. The Hall–Kier alpha value is -2.24. The molecule has 106 valence electrons. The number of unbranched alkanes of at least 4 members (excludes halogenated alkanes) is 2. The Morgan fingerprint density at radius 1 is 1.15 bits per heavy atom. The van der Waals surface area contributed by atoms with E-state index in [1.165, 1.54) is 12.8 Å². The van der Waals surface area contributed by atoms with Gasteiger partial charge < -0.3 is 10.6 Å². The summed E-state index contributed by atoms with van der Waals surface area (Å²) in [5, 5.41) is 14.3. The van der Waals surface area contributed by atoms with Gasteiger partial charge in [-0.15, -0.1) is 5.10 Å². The quantitative estimate of drug-likeness (QED) is 0.719. The molecule has 0 bridgehead atoms. The fourth-order valence-electron chi connectivity index (χ4n) is 1.74. The van der Waals surface area contributed by atoms with Crippen molar-refractivity contribution in [2.24, 2.45) is 0 Å². The molecular weight excluding hydrogens is 252 g/mol. The second kappa shape index (κ2) is 8.04. The Morgan fingerprint density at radius 2 is 2.10 bits per heavy atom. The number of hydrogen-bond acceptors (Lipinski definition) is 6. The number of anilines is 2. The van der Waals surface area contributed by atoms with Crippen LogP contribution in [0.4, 0.5) is 11.8 Å². The van der Waals surface area contributed by atoms with Crippen molar-refractivity contribution in [2.75, 3.05) is 17.2 Å². The maximum atomic E-state index is 4.37. The molecule has 0 amide bonds. The van der Waals surface area contributed by atoms with E-state index in [-0.39, 0.29) is 0 Å². The van der Waals surface area contributed by atoms with Gasteiger partial charge in [0.2, 0.25) is 5.95 Å². The van der Waals surface area contributed by atoms with E-state index < -0.39 is 0 Å². The van der Waals surface area contributed by atoms with Gasteiger partial charge in [-0.05, 0) is 18.1 Å². The van der Waals surface area contributed by atoms with Crippen LogP contribution in [-0.4, -0.2) is 26.7 Å². The highest BCUT2D eigenvalue weighted by atomic mass is 15.3. The van der Waals surface area contributed by atoms with Crippen molar-refractivity contribution in [1.29, 1.82) is 0 Å². The van der Waals surface area contributed by atoms with Crippen LogP contribution in [0.5, 0.6) is 0 Å². The predicted octanol–water partition coefficient (Wildman–Crippen LogP) is 2.48. The van der Waals surface area contributed by atoms with Gasteiger partial charge in [0.15, 0.2) is 0 Å². The maximum absolute atomic E-state index is 4.37. The monoisotopic (exact) mass is 272 g/mol. The maximum Gasteiger partial charge on any atom is 0.244 e. The van der Waals surface area contributed by atoms with Crippen LogP contribution in [-0.2, 0) is 6.54 Å². The molecule has 2 N–H and O–H groups in total. The first-order chi connectivity index (χ1) is 9.88. The van der Waals surface area contributed by atoms with Crippen molar-refractivity contribution < 1.29 is 0 Å². The standard InChI is InChI=1S/C14H20N6/c1-2-3-4-8-16-13-11-18-20-14(19-13)17-10-12-6-5-7-15-9-12/h5-7,9,11H,2-4,8,10H2,1H3,(H2,16,17,19,20). The summed E-state index contributed by atoms with van der Waals surface area (Å²) >= 11 is 0. The zero-order chi connectivity index (χ0) is 14.0. The lowest BCUT2D eigenvalue weighted by Gasteiger charge is -2.07. The fourth-order valence-corrected chi connectivity index (χ4v) is 1.74. The van der Waals surface area contributed by atoms with Crippen molar-refractivity contribution in [3.63, 3.8) is 0 Å². The molecule has 20 heavy (non-hydrogen) atoms. The summed E-state index contributed by atoms with van der Waals surface area (Å²) in [6, 6.07) is 3.90. The number of hydrogen-bond donors (Lipinski definition) is 2. The predicted molar refractivity (Wildman–Crippen MR) is 79.4 cm³/mol. The van der Waals surface area contributed by atoms with E-state index in [0.29, 0.717) is 12.5 Å². The largest absolute Gasteiger partial charge is 0.369 e. The highest BCUT2D eigenvalue weighted by molar-refractivity contribution is 5.37. The Morgan fingerprint density at radius 3 is 2.90 bits per heavy atom. The van der Waals surface area contributed by atoms with Crippen molar-refractivity contribution in [3.8, 4) is 0 Å². The molecule has 0 saturated carbocycles. The molecule has 0 aliphatic carbocycles. The zero-order valence-electron chi connectivity index (χ0n) is 11.7. The molecule has 6 heteroatoms. The molecule has 0 fully saturated rings. The van der Waals surface area contributed by atoms with Crippen LogP contribution in [0, 0.1) is 0 Å². The van der Waals surface area contributed by atoms with Crippen LogP contribution in [0.3, 0.4) is 0 Å². The fraction of sp³-hybridized carbons (Fsp3) is 0.429. The minimum Gasteiger partial charge on any atom is -0.369 e. The highest BCUT2D eigenvalue weighted by Gasteiger charge is 2.00. The van der Waals surface area contributed by atoms with Crippen LogP contribution >= 0.6 is 0 Å². The van der Waals surface area contributed by atoms with E-state index >= 15 is 0 Å². The lowest BCUT2D eigenvalue weighted by Crippen LogP contribution is -2.09. The lowest BCUT2D eigenvalue weighted by atomic mass is 10.2. The second-order valence-electron chi connectivity index (χ2n) is 4.51. The molecule has 6 nitrogen and oxygen atoms in total. The van der Waals surface area contributed by atoms with Crippen LogP contribution in [0.15, 0.2) is 30.7 Å². The third kappa shape index (κ3) is 4.79. The van der Waals surface area contributed by atoms with Gasteiger partial charge in [-0.3, -0.25) is 4.98 Å². The molecule has 2 rings (SSSR count). The van der Waals surface area contributed by atoms with E-state index in [9.17, 15) is 0 Å². The molecule has 0 aliphatic rings. The molecule has 0 aromatic carbocycles. The van der Waals surface area contributed by atoms with Gasteiger partial charge in [0, 0.05) is 25.5 Å². The zero-order valence-corrected chi connectivity index (χ0v) is 11.7. The number of rotatable bonds is 8. The van der Waals surface area contributed by atoms with Crippen LogP contribution in [0.2, 0.25) is 0 Å². The van der Waals surface area contributed by atoms with Crippen LogP contribution < -0.4 is 10.6 Å². The van der Waals surface area contributed by atoms with Gasteiger partial charge in [0.1, 0.15) is 5.82 Å². The third-order valence-corrected chi connectivity index (χ3v) is 2.82. The SMILES string of the molecule is CCCCCNc1cnnc(NCc2cccnc2)n1. The average Bonchev–Trinajstić information content (AvgIpc) is 2.51. The third-order valence-electron chi connectivity index (χ3n) is 2.82. The molecular formula is C14H20N6. The van der Waals surface area contributed by atoms with Crippen LogP contribution in [0.1, 0.15) is 31.7 Å². The van der Waals surface area contributed by atoms with E-state index in [4.69, 9.17) is 0 Å². The first kappa shape index (κ1) is 14.2. The smallest absolute Gasteiger partial charge is 0.244 e. The highest BCUT2D eigenvalue weighted by Crippen LogP contribution is 2.06. The van der Waals surface area contributed by atoms with E-state index in [1.54, 1.807) is 12.4 Å². The number of pyridine rings is 1. The van der Waals surface area contributed by atoms with Crippen molar-refractivity contribution in [1.82, 2.24) is 20.2 Å². The summed E-state index contributed by atoms with van der Waals surface area (Å²) in [6.07, 6.45) is 8.77. The number of aromatic nitrogens is 4. The molecule has 2 heterocycles. The van der Waals surface area contributed by atoms with E-state index in [2.05, 4.69) is 37.7 Å². The molecule has 0 saturated heterocycles. The summed E-state index contributed by atoms with van der Waals surface area (Å²) in [6.45, 7) is 3.73. The second-order valence-corrected chi connectivity index (χ2v) is 4.51. The van der Waals surface area contributed by atoms with Gasteiger partial charge in [-0.2, -0.15) is 10.1 Å². The molecule has 0 unspecified atom stereocenters. The van der Waals surface area contributed by atoms with Gasteiger partial charge in [-0.1, -0.05) is 25.8 Å². The lowest BCUT2D eigenvalue weighted by molar-refractivity contribution is 0.741. The first-order valence-electron chi connectivity index (χ1n) is 6.95. The van der Waals surface area contributed by atoms with Gasteiger partial charge in [0.25, 0.3) is 0 Å². The number of nitrogens with one attached hydrogen (secondary N) is 2. The average molecular weight is 272 g/mol. The van der Waals surface area contributed by atoms with E-state index in [1.807, 2.05) is 18.3 Å². The topological polar surface area (TPSA) is 75.6 Å². The summed E-state index contributed by atoms with van der Waals surface area (Å²) in [7, 11) is 0. The molecule has 0 aliphatic heterocycles. The van der Waals surface area contributed by atoms with E-state index in [0.717, 1.165) is 24.3 Å². The summed E-state index contributed by atoms with van der Waals surface area (Å²) in [5.41, 5.74) is 1.08. The molecule has 0 spiro atoms. The van der Waals surface area contributed by atoms with Gasteiger partial charge in [0.05, 0.1) is 6.20 Å². The van der Waals surface area contributed by atoms with Crippen molar-refractivity contribution in [2.45, 2.75) is 32.7 Å². The van der Waals surface area contributed by atoms with Crippen molar-refractivity contribution in [3.05, 3.63) is 36.3 Å². The Kier molecular flexibility index (Phi) is 5.70. The molecule has 0 atom stereocenters. The molecule has 0 radical (unpaired) electrons. The summed E-state index contributed by atoms with van der Waals surface area (Å²) < 4.78 is 0. The Balaban J connectivity index is 1.83. The minimum absolute atomic E-state index is 0.523. The van der Waals surface area contributed by atoms with Gasteiger partial charge >= 0.3 is 0 Å². The first-order valence-corrected chi connectivity index (χ1v) is 6.95. The molecule has 2 aromatic rings. The Bertz CT molecular complexity index is 502. The van der Waals surface area contributed by atoms with Crippen LogP contribution in [0.25, 0.3) is 0 Å². The summed E-state index contributed by atoms with van der Waals surface area (Å²) in [4.78, 5) is 8.43. The summed E-state index contributed by atoms with van der Waals surface area (Å²) in [5.74, 6) is 1.28. The normalized spacial score (nSPS) is 10.2. The molecule has 2 aromatic heterocycles. The Labute approximate surface area is 119 Å². The van der Waals surface area contributed by atoms with Gasteiger partial charge in [-0.25, -0.2) is 0 Å².